The van der Waals surface area contributed by atoms with Crippen LogP contribution in [0.2, 0.25) is 5.02 Å². The molecular weight excluding hydrogens is 547 g/mol. The van der Waals surface area contributed by atoms with E-state index in [0.717, 1.165) is 37.3 Å². The summed E-state index contributed by atoms with van der Waals surface area (Å²) in [5, 5.41) is 17.6. The third-order valence-corrected chi connectivity index (χ3v) is 7.72. The number of tetrazole rings is 1. The Kier molecular flexibility index (Phi) is 8.67. The highest BCUT2D eigenvalue weighted by Gasteiger charge is 2.36. The molecule has 0 aliphatic heterocycles. The van der Waals surface area contributed by atoms with Crippen molar-refractivity contribution < 1.29 is 22.8 Å². The van der Waals surface area contributed by atoms with E-state index in [2.05, 4.69) is 52.0 Å². The Labute approximate surface area is 234 Å². The van der Waals surface area contributed by atoms with Crippen LogP contribution in [-0.2, 0) is 12.7 Å². The van der Waals surface area contributed by atoms with Crippen molar-refractivity contribution in [2.75, 3.05) is 10.6 Å². The summed E-state index contributed by atoms with van der Waals surface area (Å²) in [5.41, 5.74) is 0.120. The number of aromatic nitrogens is 4. The molecule has 0 atom stereocenters. The van der Waals surface area contributed by atoms with E-state index in [4.69, 9.17) is 11.6 Å². The molecule has 214 valence electrons. The molecule has 1 aliphatic rings. The Morgan fingerprint density at radius 2 is 1.70 bits per heavy atom. The maximum Gasteiger partial charge on any atom is 0.417 e. The van der Waals surface area contributed by atoms with Gasteiger partial charge in [0.25, 0.3) is 11.9 Å². The molecule has 0 unspecified atom stereocenters. The second-order valence-electron chi connectivity index (χ2n) is 11.0. The van der Waals surface area contributed by atoms with Gasteiger partial charge in [-0.2, -0.15) is 18.4 Å². The van der Waals surface area contributed by atoms with Crippen molar-refractivity contribution >= 4 is 35.2 Å². The normalized spacial score (nSPS) is 17.8. The minimum absolute atomic E-state index is 0.0380. The van der Waals surface area contributed by atoms with Crippen molar-refractivity contribution in [1.29, 1.82) is 0 Å². The standard InChI is InChI=1S/C27H31ClF3N7O2/c1-26(2,3)18-11-13-19(14-12-18)38(25(40)32-21-6-4-5-20(22(21)28)27(29,30)31)15-16-7-9-17(10-8-16)23(39)33-24-34-36-37-35-24/h4-10,18-19H,11-15H2,1-3H3,(H,32,40)(H2,33,34,35,36,37,39). The summed E-state index contributed by atoms with van der Waals surface area (Å²) in [5.74, 6) is 0.113. The highest BCUT2D eigenvalue weighted by atomic mass is 35.5. The molecule has 3 aromatic rings. The maximum atomic E-state index is 13.5. The number of H-pyrrole nitrogens is 1. The number of benzene rings is 2. The third-order valence-electron chi connectivity index (χ3n) is 7.31. The van der Waals surface area contributed by atoms with Crippen LogP contribution in [-0.4, -0.2) is 43.5 Å². The van der Waals surface area contributed by atoms with E-state index >= 15 is 0 Å². The molecule has 40 heavy (non-hydrogen) atoms. The van der Waals surface area contributed by atoms with Gasteiger partial charge in [0.2, 0.25) is 0 Å². The van der Waals surface area contributed by atoms with E-state index in [-0.39, 0.29) is 29.6 Å². The fourth-order valence-electron chi connectivity index (χ4n) is 5.00. The number of nitrogens with zero attached hydrogens (tertiary/aromatic N) is 4. The van der Waals surface area contributed by atoms with Crippen molar-refractivity contribution in [3.63, 3.8) is 0 Å². The Hall–Kier alpha value is -3.67. The largest absolute Gasteiger partial charge is 0.417 e. The molecule has 3 amide bonds. The van der Waals surface area contributed by atoms with Gasteiger partial charge in [0.05, 0.1) is 16.3 Å². The first-order valence-corrected chi connectivity index (χ1v) is 13.3. The number of rotatable bonds is 6. The number of alkyl halides is 3. The molecule has 0 radical (unpaired) electrons. The quantitative estimate of drug-likeness (QED) is 0.299. The molecular formula is C27H31ClF3N7O2. The lowest BCUT2D eigenvalue weighted by molar-refractivity contribution is -0.137. The molecule has 2 aromatic carbocycles. The molecule has 1 saturated carbocycles. The number of aromatic amines is 1. The Morgan fingerprint density at radius 3 is 2.27 bits per heavy atom. The van der Waals surface area contributed by atoms with Gasteiger partial charge in [0.15, 0.2) is 0 Å². The summed E-state index contributed by atoms with van der Waals surface area (Å²) >= 11 is 6.05. The van der Waals surface area contributed by atoms with Crippen molar-refractivity contribution in [2.45, 2.75) is 65.2 Å². The molecule has 1 aromatic heterocycles. The van der Waals surface area contributed by atoms with E-state index in [0.29, 0.717) is 11.5 Å². The number of amides is 3. The van der Waals surface area contributed by atoms with Gasteiger partial charge in [-0.25, -0.2) is 4.79 Å². The number of urea groups is 1. The lowest BCUT2D eigenvalue weighted by Gasteiger charge is -2.41. The average molecular weight is 578 g/mol. The van der Waals surface area contributed by atoms with Crippen LogP contribution in [0.3, 0.4) is 0 Å². The molecule has 0 spiro atoms. The van der Waals surface area contributed by atoms with Gasteiger partial charge in [-0.05, 0) is 72.1 Å². The summed E-state index contributed by atoms with van der Waals surface area (Å²) in [6.45, 7) is 6.80. The number of nitrogens with one attached hydrogen (secondary N) is 3. The van der Waals surface area contributed by atoms with Crippen molar-refractivity contribution in [3.8, 4) is 0 Å². The van der Waals surface area contributed by atoms with Crippen LogP contribution in [0, 0.1) is 11.3 Å². The molecule has 1 heterocycles. The number of hydrogen-bond donors (Lipinski definition) is 3. The van der Waals surface area contributed by atoms with Crippen LogP contribution in [0.25, 0.3) is 0 Å². The zero-order valence-electron chi connectivity index (χ0n) is 22.3. The van der Waals surface area contributed by atoms with Crippen LogP contribution in [0.5, 0.6) is 0 Å². The van der Waals surface area contributed by atoms with Gasteiger partial charge in [-0.1, -0.05) is 55.7 Å². The van der Waals surface area contributed by atoms with Crippen LogP contribution < -0.4 is 10.6 Å². The highest BCUT2D eigenvalue weighted by molar-refractivity contribution is 6.34. The van der Waals surface area contributed by atoms with Crippen molar-refractivity contribution in [2.24, 2.45) is 11.3 Å². The van der Waals surface area contributed by atoms with Gasteiger partial charge in [0.1, 0.15) is 0 Å². The van der Waals surface area contributed by atoms with Crippen LogP contribution in [0.15, 0.2) is 42.5 Å². The molecule has 3 N–H and O–H groups in total. The van der Waals surface area contributed by atoms with E-state index in [1.807, 2.05) is 0 Å². The minimum Gasteiger partial charge on any atom is -0.317 e. The minimum atomic E-state index is -4.65. The summed E-state index contributed by atoms with van der Waals surface area (Å²) in [6.07, 6.45) is -1.27. The van der Waals surface area contributed by atoms with E-state index in [1.165, 1.54) is 12.1 Å². The monoisotopic (exact) mass is 577 g/mol. The molecule has 13 heteroatoms. The summed E-state index contributed by atoms with van der Waals surface area (Å²) in [4.78, 5) is 27.6. The second-order valence-corrected chi connectivity index (χ2v) is 11.4. The second kappa shape index (κ2) is 11.8. The molecule has 1 aliphatic carbocycles. The van der Waals surface area contributed by atoms with E-state index < -0.39 is 28.7 Å². The fraction of sp³-hybridized carbons (Fsp3) is 0.444. The third kappa shape index (κ3) is 7.09. The van der Waals surface area contributed by atoms with Crippen LogP contribution >= 0.6 is 11.6 Å². The van der Waals surface area contributed by atoms with Gasteiger partial charge in [-0.3, -0.25) is 10.1 Å². The van der Waals surface area contributed by atoms with Gasteiger partial charge in [-0.15, -0.1) is 5.10 Å². The van der Waals surface area contributed by atoms with Crippen LogP contribution in [0.4, 0.5) is 29.6 Å². The SMILES string of the molecule is CC(C)(C)C1CCC(N(Cc2ccc(C(=O)Nc3nn[nH]n3)cc2)C(=O)Nc2cccc(C(F)(F)F)c2Cl)CC1. The number of halogens is 4. The van der Waals surface area contributed by atoms with E-state index in [9.17, 15) is 22.8 Å². The average Bonchev–Trinajstić information content (AvgIpc) is 3.40. The molecule has 0 bridgehead atoms. The Balaban J connectivity index is 1.53. The van der Waals surface area contributed by atoms with Crippen LogP contribution in [0.1, 0.15) is 67.9 Å². The molecule has 9 nitrogen and oxygen atoms in total. The first-order valence-electron chi connectivity index (χ1n) is 12.9. The predicted molar refractivity (Wildman–Crippen MR) is 145 cm³/mol. The fourth-order valence-corrected chi connectivity index (χ4v) is 5.28. The summed E-state index contributed by atoms with van der Waals surface area (Å²) in [6, 6.07) is 9.45. The summed E-state index contributed by atoms with van der Waals surface area (Å²) < 4.78 is 40.1. The topological polar surface area (TPSA) is 116 Å². The predicted octanol–water partition coefficient (Wildman–Crippen LogP) is 6.76. The number of carbonyl (C=O) groups is 2. The lowest BCUT2D eigenvalue weighted by Crippen LogP contribution is -2.45. The maximum absolute atomic E-state index is 13.5. The first-order chi connectivity index (χ1) is 18.8. The molecule has 1 fully saturated rings. The number of carbonyl (C=O) groups excluding carboxylic acids is 2. The Bertz CT molecular complexity index is 1320. The smallest absolute Gasteiger partial charge is 0.317 e. The zero-order valence-corrected chi connectivity index (χ0v) is 23.1. The molecule has 0 saturated heterocycles. The Morgan fingerprint density at radius 1 is 1.02 bits per heavy atom. The van der Waals surface area contributed by atoms with Gasteiger partial charge < -0.3 is 10.2 Å². The number of hydrogen-bond acceptors (Lipinski definition) is 5. The van der Waals surface area contributed by atoms with Crippen molar-refractivity contribution in [1.82, 2.24) is 25.5 Å². The first kappa shape index (κ1) is 29.3. The lowest BCUT2D eigenvalue weighted by atomic mass is 9.71. The summed E-state index contributed by atoms with van der Waals surface area (Å²) in [7, 11) is 0. The molecule has 4 rings (SSSR count). The van der Waals surface area contributed by atoms with E-state index in [1.54, 1.807) is 29.2 Å². The van der Waals surface area contributed by atoms with Crippen molar-refractivity contribution in [3.05, 3.63) is 64.2 Å². The zero-order chi connectivity index (χ0) is 29.1. The number of anilines is 2. The highest BCUT2D eigenvalue weighted by Crippen LogP contribution is 2.40. The van der Waals surface area contributed by atoms with Gasteiger partial charge >= 0.3 is 12.2 Å². The van der Waals surface area contributed by atoms with Gasteiger partial charge in [0, 0.05) is 18.2 Å².